The standard InChI is InChI=1S/C4H3F3O2/c5-4(6,7)3-2(8)1-9-3/h3H,1H2. The second-order valence-corrected chi connectivity index (χ2v) is 1.70. The molecule has 2 nitrogen and oxygen atoms in total. The Labute approximate surface area is 48.6 Å². The van der Waals surface area contributed by atoms with Crippen molar-refractivity contribution in [2.24, 2.45) is 0 Å². The van der Waals surface area contributed by atoms with Crippen molar-refractivity contribution in [1.82, 2.24) is 0 Å². The summed E-state index contributed by atoms with van der Waals surface area (Å²) in [5.41, 5.74) is 0. The van der Waals surface area contributed by atoms with Gasteiger partial charge in [-0.25, -0.2) is 0 Å². The summed E-state index contributed by atoms with van der Waals surface area (Å²) in [6.07, 6.45) is -6.65. The number of halogens is 3. The van der Waals surface area contributed by atoms with E-state index in [0.29, 0.717) is 0 Å². The van der Waals surface area contributed by atoms with Crippen molar-refractivity contribution in [1.29, 1.82) is 0 Å². The van der Waals surface area contributed by atoms with Gasteiger partial charge in [-0.05, 0) is 0 Å². The lowest BCUT2D eigenvalue weighted by Gasteiger charge is -2.26. The number of Topliss-reactive ketones (excluding diaryl/α,β-unsaturated/α-hetero) is 1. The van der Waals surface area contributed by atoms with Gasteiger partial charge in [0.05, 0.1) is 0 Å². The number of rotatable bonds is 0. The molecule has 0 bridgehead atoms. The van der Waals surface area contributed by atoms with E-state index in [4.69, 9.17) is 0 Å². The third kappa shape index (κ3) is 1.05. The van der Waals surface area contributed by atoms with E-state index < -0.39 is 24.7 Å². The van der Waals surface area contributed by atoms with Gasteiger partial charge >= 0.3 is 6.18 Å². The van der Waals surface area contributed by atoms with Crippen LogP contribution in [0.3, 0.4) is 0 Å². The fourth-order valence-corrected chi connectivity index (χ4v) is 0.512. The molecule has 1 aliphatic rings. The SMILES string of the molecule is O=C1COC1C(F)(F)F. The number of alkyl halides is 3. The van der Waals surface area contributed by atoms with Gasteiger partial charge in [-0.2, -0.15) is 13.2 Å². The van der Waals surface area contributed by atoms with Crippen LogP contribution >= 0.6 is 0 Å². The van der Waals surface area contributed by atoms with Gasteiger partial charge in [-0.1, -0.05) is 0 Å². The Morgan fingerprint density at radius 1 is 1.56 bits per heavy atom. The maximum absolute atomic E-state index is 11.4. The van der Waals surface area contributed by atoms with E-state index in [1.54, 1.807) is 0 Å². The highest BCUT2D eigenvalue weighted by molar-refractivity contribution is 5.89. The third-order valence-corrected chi connectivity index (χ3v) is 0.982. The Kier molecular flexibility index (Phi) is 1.23. The second kappa shape index (κ2) is 1.70. The summed E-state index contributed by atoms with van der Waals surface area (Å²) in [7, 11) is 0. The van der Waals surface area contributed by atoms with Crippen LogP contribution in [0.1, 0.15) is 0 Å². The minimum atomic E-state index is -4.50. The highest BCUT2D eigenvalue weighted by Crippen LogP contribution is 2.28. The zero-order chi connectivity index (χ0) is 7.07. The Hall–Kier alpha value is -0.580. The lowest BCUT2D eigenvalue weighted by molar-refractivity contribution is -0.242. The van der Waals surface area contributed by atoms with Gasteiger partial charge in [-0.3, -0.25) is 4.79 Å². The average Bonchev–Trinajstić information content (AvgIpc) is 1.57. The number of hydrogen-bond donors (Lipinski definition) is 0. The summed E-state index contributed by atoms with van der Waals surface area (Å²) in [5.74, 6) is -0.887. The van der Waals surface area contributed by atoms with Crippen molar-refractivity contribution in [3.8, 4) is 0 Å². The van der Waals surface area contributed by atoms with E-state index in [2.05, 4.69) is 4.74 Å². The molecule has 0 aromatic carbocycles. The monoisotopic (exact) mass is 140 g/mol. The fourth-order valence-electron chi connectivity index (χ4n) is 0.512. The van der Waals surface area contributed by atoms with Crippen molar-refractivity contribution in [3.63, 3.8) is 0 Å². The van der Waals surface area contributed by atoms with Gasteiger partial charge in [-0.15, -0.1) is 0 Å². The fraction of sp³-hybridized carbons (Fsp3) is 0.750. The van der Waals surface area contributed by atoms with E-state index in [0.717, 1.165) is 0 Å². The van der Waals surface area contributed by atoms with Crippen LogP contribution in [0.5, 0.6) is 0 Å². The van der Waals surface area contributed by atoms with Crippen LogP contribution in [0.2, 0.25) is 0 Å². The quantitative estimate of drug-likeness (QED) is 0.490. The van der Waals surface area contributed by atoms with Crippen molar-refractivity contribution in [3.05, 3.63) is 0 Å². The van der Waals surface area contributed by atoms with Crippen molar-refractivity contribution in [2.45, 2.75) is 12.3 Å². The van der Waals surface area contributed by atoms with Crippen molar-refractivity contribution < 1.29 is 22.7 Å². The number of ether oxygens (including phenoxy) is 1. The number of hydrogen-bond acceptors (Lipinski definition) is 2. The molecular formula is C4H3F3O2. The molecule has 1 saturated heterocycles. The molecule has 52 valence electrons. The molecule has 9 heavy (non-hydrogen) atoms. The molecule has 1 fully saturated rings. The van der Waals surface area contributed by atoms with Gasteiger partial charge in [0.1, 0.15) is 6.61 Å². The summed E-state index contributed by atoms with van der Waals surface area (Å²) in [6, 6.07) is 0. The minimum Gasteiger partial charge on any atom is -0.353 e. The predicted octanol–water partition coefficient (Wildman–Crippen LogP) is 0.517. The Morgan fingerprint density at radius 2 is 2.11 bits per heavy atom. The van der Waals surface area contributed by atoms with Gasteiger partial charge in [0, 0.05) is 0 Å². The summed E-state index contributed by atoms with van der Waals surface area (Å²) in [5, 5.41) is 0. The van der Waals surface area contributed by atoms with Crippen LogP contribution in [-0.4, -0.2) is 24.7 Å². The average molecular weight is 140 g/mol. The van der Waals surface area contributed by atoms with Gasteiger partial charge < -0.3 is 4.74 Å². The van der Waals surface area contributed by atoms with E-state index in [-0.39, 0.29) is 0 Å². The molecule has 0 aromatic rings. The van der Waals surface area contributed by atoms with Gasteiger partial charge in [0.15, 0.2) is 5.78 Å². The Morgan fingerprint density at radius 3 is 2.11 bits per heavy atom. The molecule has 1 aliphatic heterocycles. The molecule has 0 radical (unpaired) electrons. The Bertz CT molecular complexity index is 139. The molecule has 1 heterocycles. The summed E-state index contributed by atoms with van der Waals surface area (Å²) < 4.78 is 38.1. The maximum atomic E-state index is 11.4. The minimum absolute atomic E-state index is 0.399. The summed E-state index contributed by atoms with van der Waals surface area (Å²) in [4.78, 5) is 10.0. The first-order valence-corrected chi connectivity index (χ1v) is 2.23. The third-order valence-electron chi connectivity index (χ3n) is 0.982. The van der Waals surface area contributed by atoms with Gasteiger partial charge in [0.25, 0.3) is 0 Å². The van der Waals surface area contributed by atoms with Crippen LogP contribution < -0.4 is 0 Å². The first-order valence-electron chi connectivity index (χ1n) is 2.23. The van der Waals surface area contributed by atoms with E-state index in [1.807, 2.05) is 0 Å². The zero-order valence-electron chi connectivity index (χ0n) is 4.23. The normalized spacial score (nSPS) is 27.9. The molecule has 0 N–H and O–H groups in total. The van der Waals surface area contributed by atoms with E-state index in [9.17, 15) is 18.0 Å². The molecule has 5 heteroatoms. The molecule has 0 spiro atoms. The van der Waals surface area contributed by atoms with Crippen LogP contribution in [0.4, 0.5) is 13.2 Å². The molecule has 0 aromatic heterocycles. The maximum Gasteiger partial charge on any atom is 0.421 e. The number of ketones is 1. The highest BCUT2D eigenvalue weighted by atomic mass is 19.4. The predicted molar refractivity (Wildman–Crippen MR) is 20.8 cm³/mol. The van der Waals surface area contributed by atoms with Crippen LogP contribution in [-0.2, 0) is 9.53 Å². The smallest absolute Gasteiger partial charge is 0.353 e. The number of carbonyl (C=O) groups excluding carboxylic acids is 1. The van der Waals surface area contributed by atoms with Crippen LogP contribution in [0.25, 0.3) is 0 Å². The molecular weight excluding hydrogens is 137 g/mol. The van der Waals surface area contributed by atoms with Crippen LogP contribution in [0, 0.1) is 0 Å². The second-order valence-electron chi connectivity index (χ2n) is 1.70. The largest absolute Gasteiger partial charge is 0.421 e. The van der Waals surface area contributed by atoms with E-state index in [1.165, 1.54) is 0 Å². The summed E-state index contributed by atoms with van der Waals surface area (Å²) in [6.45, 7) is -0.399. The molecule has 1 unspecified atom stereocenters. The molecule has 0 saturated carbocycles. The summed E-state index contributed by atoms with van der Waals surface area (Å²) >= 11 is 0. The lowest BCUT2D eigenvalue weighted by Crippen LogP contribution is -2.50. The highest BCUT2D eigenvalue weighted by Gasteiger charge is 2.51. The molecule has 0 amide bonds. The van der Waals surface area contributed by atoms with Crippen LogP contribution in [0.15, 0.2) is 0 Å². The zero-order valence-corrected chi connectivity index (χ0v) is 4.23. The number of carbonyl (C=O) groups is 1. The van der Waals surface area contributed by atoms with Gasteiger partial charge in [0.2, 0.25) is 6.10 Å². The molecule has 0 aliphatic carbocycles. The lowest BCUT2D eigenvalue weighted by atomic mass is 10.1. The first-order chi connectivity index (χ1) is 4.02. The molecule has 1 atom stereocenters. The molecule has 1 rings (SSSR count). The first kappa shape index (κ1) is 6.54. The Balaban J connectivity index is 2.54. The topological polar surface area (TPSA) is 26.3 Å². The van der Waals surface area contributed by atoms with Crippen molar-refractivity contribution in [2.75, 3.05) is 6.61 Å². The van der Waals surface area contributed by atoms with Crippen molar-refractivity contribution >= 4 is 5.78 Å². The van der Waals surface area contributed by atoms with E-state index >= 15 is 0 Å².